The number of nitrogens with zero attached hydrogens (tertiary/aromatic N) is 2. The molecule has 0 radical (unpaired) electrons. The van der Waals surface area contributed by atoms with E-state index in [2.05, 4.69) is 4.98 Å². The maximum absolute atomic E-state index is 13.8. The molecule has 0 spiro atoms. The maximum Gasteiger partial charge on any atom is 0.343 e. The van der Waals surface area contributed by atoms with E-state index in [0.717, 1.165) is 12.1 Å². The molecular weight excluding hydrogens is 396 g/mol. The van der Waals surface area contributed by atoms with E-state index in [0.29, 0.717) is 27.9 Å². The summed E-state index contributed by atoms with van der Waals surface area (Å²) in [5, 5.41) is 11.3. The van der Waals surface area contributed by atoms with Crippen molar-refractivity contribution >= 4 is 16.9 Å². The third-order valence-electron chi connectivity index (χ3n) is 6.05. The number of hydrogen-bond donors (Lipinski definition) is 2. The molecule has 0 saturated carbocycles. The minimum absolute atomic E-state index is 0.0261. The third-order valence-corrected chi connectivity index (χ3v) is 6.05. The Balaban J connectivity index is 1.84. The van der Waals surface area contributed by atoms with Gasteiger partial charge in [-0.2, -0.15) is 0 Å². The van der Waals surface area contributed by atoms with Crippen LogP contribution in [-0.2, 0) is 34.8 Å². The number of fused-ring (bicyclic) bond motifs is 5. The van der Waals surface area contributed by atoms with Crippen molar-refractivity contribution in [3.63, 3.8) is 0 Å². The van der Waals surface area contributed by atoms with E-state index in [-0.39, 0.29) is 42.8 Å². The number of benzene rings is 1. The van der Waals surface area contributed by atoms with Gasteiger partial charge in [0.05, 0.1) is 29.0 Å². The van der Waals surface area contributed by atoms with Crippen LogP contribution in [0.15, 0.2) is 23.0 Å². The Kier molecular flexibility index (Phi) is 3.87. The molecule has 0 fully saturated rings. The number of aliphatic hydroxyl groups is 1. The Hall–Kier alpha value is -3.17. The van der Waals surface area contributed by atoms with Crippen molar-refractivity contribution in [2.24, 2.45) is 5.73 Å². The number of halogens is 2. The highest BCUT2D eigenvalue weighted by molar-refractivity contribution is 5.89. The summed E-state index contributed by atoms with van der Waals surface area (Å²) < 4.78 is 34.2. The molecule has 0 unspecified atom stereocenters. The fourth-order valence-corrected chi connectivity index (χ4v) is 4.39. The minimum Gasteiger partial charge on any atom is -0.458 e. The number of carbonyl (C=O) groups is 1. The average Bonchev–Trinajstić information content (AvgIpc) is 3.09. The predicted molar refractivity (Wildman–Crippen MR) is 102 cm³/mol. The number of hydrogen-bond acceptors (Lipinski definition) is 6. The van der Waals surface area contributed by atoms with E-state index in [1.165, 1.54) is 4.57 Å². The zero-order chi connectivity index (χ0) is 21.4. The number of ether oxygens (including phenoxy) is 1. The van der Waals surface area contributed by atoms with E-state index in [4.69, 9.17) is 10.5 Å². The highest BCUT2D eigenvalue weighted by Crippen LogP contribution is 2.40. The lowest BCUT2D eigenvalue weighted by atomic mass is 9.86. The van der Waals surface area contributed by atoms with E-state index < -0.39 is 28.8 Å². The maximum atomic E-state index is 13.8. The van der Waals surface area contributed by atoms with Gasteiger partial charge in [-0.05, 0) is 24.1 Å². The van der Waals surface area contributed by atoms with Gasteiger partial charge in [-0.1, -0.05) is 6.92 Å². The van der Waals surface area contributed by atoms with Crippen molar-refractivity contribution in [3.05, 3.63) is 62.4 Å². The van der Waals surface area contributed by atoms with Gasteiger partial charge in [-0.15, -0.1) is 0 Å². The first-order valence-corrected chi connectivity index (χ1v) is 9.47. The summed E-state index contributed by atoms with van der Waals surface area (Å²) in [6.07, 6.45) is 0.0261. The first-order chi connectivity index (χ1) is 14.3. The quantitative estimate of drug-likeness (QED) is 0.486. The summed E-state index contributed by atoms with van der Waals surface area (Å²) in [5.41, 5.74) is 6.13. The van der Waals surface area contributed by atoms with Crippen LogP contribution < -0.4 is 11.3 Å². The first-order valence-electron chi connectivity index (χ1n) is 9.47. The van der Waals surface area contributed by atoms with Gasteiger partial charge in [0.25, 0.3) is 5.56 Å². The Morgan fingerprint density at radius 1 is 1.23 bits per heavy atom. The summed E-state index contributed by atoms with van der Waals surface area (Å²) in [6, 6.07) is 3.60. The van der Waals surface area contributed by atoms with Crippen LogP contribution in [-0.4, -0.2) is 20.6 Å². The van der Waals surface area contributed by atoms with E-state index >= 15 is 0 Å². The van der Waals surface area contributed by atoms with E-state index in [9.17, 15) is 23.5 Å². The second-order valence-corrected chi connectivity index (χ2v) is 7.51. The number of rotatable bonds is 2. The number of esters is 1. The normalized spacial score (nSPS) is 19.4. The van der Waals surface area contributed by atoms with Crippen LogP contribution in [0, 0.1) is 11.6 Å². The monoisotopic (exact) mass is 413 g/mol. The van der Waals surface area contributed by atoms with Crippen molar-refractivity contribution in [1.29, 1.82) is 0 Å². The number of carbonyl (C=O) groups excluding carboxylic acids is 1. The molecule has 1 atom stereocenters. The van der Waals surface area contributed by atoms with Crippen LogP contribution in [0.5, 0.6) is 0 Å². The molecule has 154 valence electrons. The molecule has 2 aromatic heterocycles. The minimum atomic E-state index is -1.94. The fraction of sp³-hybridized carbons (Fsp3) is 0.286. The molecule has 30 heavy (non-hydrogen) atoms. The van der Waals surface area contributed by atoms with Gasteiger partial charge in [-0.3, -0.25) is 4.79 Å². The van der Waals surface area contributed by atoms with Gasteiger partial charge in [0.2, 0.25) is 0 Å². The van der Waals surface area contributed by atoms with Crippen LogP contribution in [0.2, 0.25) is 0 Å². The van der Waals surface area contributed by atoms with Crippen LogP contribution in [0.3, 0.4) is 0 Å². The van der Waals surface area contributed by atoms with Gasteiger partial charge < -0.3 is 20.1 Å². The molecule has 2 aliphatic rings. The molecule has 1 aromatic carbocycles. The first kappa shape index (κ1) is 18.8. The number of cyclic esters (lactones) is 1. The van der Waals surface area contributed by atoms with Gasteiger partial charge in [0.1, 0.15) is 6.61 Å². The smallest absolute Gasteiger partial charge is 0.343 e. The Morgan fingerprint density at radius 3 is 2.67 bits per heavy atom. The summed E-state index contributed by atoms with van der Waals surface area (Å²) in [6.45, 7) is 1.56. The summed E-state index contributed by atoms with van der Waals surface area (Å²) in [5.74, 6) is -2.86. The Labute approximate surface area is 168 Å². The SMILES string of the molecule is CC[C@@]1(O)C(=O)OCc2c1cc1n(c2=O)Cc2c-1nc1cc(F)c(F)cc1c2CN. The number of aromatic nitrogens is 2. The number of nitrogens with two attached hydrogens (primary N) is 1. The van der Waals surface area contributed by atoms with Crippen LogP contribution in [0.25, 0.3) is 22.3 Å². The van der Waals surface area contributed by atoms with Crippen LogP contribution in [0.1, 0.15) is 35.6 Å². The van der Waals surface area contributed by atoms with Gasteiger partial charge >= 0.3 is 5.97 Å². The molecule has 2 aliphatic heterocycles. The molecule has 4 heterocycles. The van der Waals surface area contributed by atoms with Crippen LogP contribution in [0.4, 0.5) is 8.78 Å². The van der Waals surface area contributed by atoms with Crippen molar-refractivity contribution in [1.82, 2.24) is 9.55 Å². The molecule has 0 aliphatic carbocycles. The van der Waals surface area contributed by atoms with E-state index in [1.54, 1.807) is 13.0 Å². The van der Waals surface area contributed by atoms with E-state index in [1.807, 2.05) is 0 Å². The lowest BCUT2D eigenvalue weighted by molar-refractivity contribution is -0.172. The molecule has 0 amide bonds. The van der Waals surface area contributed by atoms with Crippen molar-refractivity contribution in [2.75, 3.05) is 0 Å². The Bertz CT molecular complexity index is 1330. The van der Waals surface area contributed by atoms with Crippen molar-refractivity contribution < 1.29 is 23.4 Å². The summed E-state index contributed by atoms with van der Waals surface area (Å²) >= 11 is 0. The number of pyridine rings is 2. The molecule has 0 bridgehead atoms. The summed E-state index contributed by atoms with van der Waals surface area (Å²) in [4.78, 5) is 29.9. The molecule has 0 saturated heterocycles. The Morgan fingerprint density at radius 2 is 1.97 bits per heavy atom. The highest BCUT2D eigenvalue weighted by Gasteiger charge is 2.45. The van der Waals surface area contributed by atoms with Crippen molar-refractivity contribution in [2.45, 2.75) is 38.6 Å². The third kappa shape index (κ3) is 2.27. The lowest BCUT2D eigenvalue weighted by Crippen LogP contribution is -2.44. The molecule has 3 aromatic rings. The van der Waals surface area contributed by atoms with Crippen LogP contribution >= 0.6 is 0 Å². The standard InChI is InChI=1S/C21H17F2N3O4/c1-2-21(29)13-4-17-18-11(7-26(17)19(27)12(13)8-30-20(21)28)10(6-24)9-3-14(22)15(23)5-16(9)25-18/h3-5,29H,2,6-8,24H2,1H3/t21-/m0/s1. The molecule has 5 rings (SSSR count). The second-order valence-electron chi connectivity index (χ2n) is 7.51. The van der Waals surface area contributed by atoms with Crippen molar-refractivity contribution in [3.8, 4) is 11.4 Å². The fourth-order valence-electron chi connectivity index (χ4n) is 4.39. The zero-order valence-electron chi connectivity index (χ0n) is 16.0. The zero-order valence-corrected chi connectivity index (χ0v) is 16.0. The predicted octanol–water partition coefficient (Wildman–Crippen LogP) is 1.82. The second kappa shape index (κ2) is 6.16. The lowest BCUT2D eigenvalue weighted by Gasteiger charge is -2.31. The molecule has 9 heteroatoms. The molecule has 7 nitrogen and oxygen atoms in total. The summed E-state index contributed by atoms with van der Waals surface area (Å²) in [7, 11) is 0. The molecule has 3 N–H and O–H groups in total. The average molecular weight is 413 g/mol. The largest absolute Gasteiger partial charge is 0.458 e. The topological polar surface area (TPSA) is 107 Å². The van der Waals surface area contributed by atoms with Gasteiger partial charge in [0, 0.05) is 29.1 Å². The highest BCUT2D eigenvalue weighted by atomic mass is 19.2. The van der Waals surface area contributed by atoms with Gasteiger partial charge in [-0.25, -0.2) is 18.6 Å². The van der Waals surface area contributed by atoms with Gasteiger partial charge in [0.15, 0.2) is 17.2 Å². The molecular formula is C21H17F2N3O4.